The third kappa shape index (κ3) is 5.62. The number of rotatable bonds is 9. The molecule has 0 radical (unpaired) electrons. The van der Waals surface area contributed by atoms with Gasteiger partial charge in [-0.05, 0) is 62.8 Å². The summed E-state index contributed by atoms with van der Waals surface area (Å²) in [5, 5.41) is 28.7. The number of piperidine rings is 1. The molecule has 202 valence electrons. The van der Waals surface area contributed by atoms with Crippen LogP contribution in [0.3, 0.4) is 0 Å². The van der Waals surface area contributed by atoms with Crippen molar-refractivity contribution < 1.29 is 37.7 Å². The molecule has 3 aliphatic rings. The highest BCUT2D eigenvalue weighted by Crippen LogP contribution is 2.41. The van der Waals surface area contributed by atoms with Crippen LogP contribution in [0.1, 0.15) is 54.4 Å². The van der Waals surface area contributed by atoms with Crippen LogP contribution < -0.4 is 9.64 Å². The standard InChI is InChI=1S/C27H28F3N3O5/c28-27(29,30)38-22-4-2-1-3-20(22)24(31)21(25(34)15-5-6-15)14-37-19-11-17-8-9-18(12-19)33(17)23-10-7-16(13-32-23)26(35)36/h1-4,7,10,13,15,17-19,31,34H,5-6,8-9,11-12,14H2,(H,35,36)/b25-21-,31-24?/t17-,18?,19?/m0/s1. The smallest absolute Gasteiger partial charge is 0.512 e. The SMILES string of the molecule is N=C(/C(COC1CC2CC[C@@H](C1)N2c1ccc(C(=O)O)cn1)=C(\O)C1CC1)c1ccccc1OC(F)(F)F. The van der Waals surface area contributed by atoms with Crippen molar-refractivity contribution in [3.05, 3.63) is 65.1 Å². The third-order valence-electron chi connectivity index (χ3n) is 7.37. The Kier molecular flexibility index (Phi) is 7.04. The van der Waals surface area contributed by atoms with Gasteiger partial charge < -0.3 is 24.6 Å². The third-order valence-corrected chi connectivity index (χ3v) is 7.37. The Hall–Kier alpha value is -3.60. The minimum absolute atomic E-state index is 0.0139. The molecule has 2 bridgehead atoms. The number of halogens is 3. The average molecular weight is 532 g/mol. The summed E-state index contributed by atoms with van der Waals surface area (Å²) in [7, 11) is 0. The van der Waals surface area contributed by atoms with Crippen molar-refractivity contribution in [3.63, 3.8) is 0 Å². The zero-order valence-corrected chi connectivity index (χ0v) is 20.4. The molecular weight excluding hydrogens is 503 g/mol. The van der Waals surface area contributed by atoms with E-state index in [0.717, 1.165) is 37.6 Å². The van der Waals surface area contributed by atoms with Crippen LogP contribution in [0.15, 0.2) is 53.9 Å². The number of aromatic carboxylic acids is 1. The topological polar surface area (TPSA) is 116 Å². The summed E-state index contributed by atoms with van der Waals surface area (Å²) < 4.78 is 49.2. The summed E-state index contributed by atoms with van der Waals surface area (Å²) in [5.74, 6) is -0.951. The Morgan fingerprint density at radius 3 is 2.32 bits per heavy atom. The van der Waals surface area contributed by atoms with E-state index >= 15 is 0 Å². The number of aromatic nitrogens is 1. The number of nitrogens with zero attached hydrogens (tertiary/aromatic N) is 2. The van der Waals surface area contributed by atoms with Gasteiger partial charge in [-0.15, -0.1) is 13.2 Å². The van der Waals surface area contributed by atoms with Gasteiger partial charge in [0.05, 0.1) is 24.0 Å². The predicted molar refractivity (Wildman–Crippen MR) is 132 cm³/mol. The molecule has 1 aromatic carbocycles. The van der Waals surface area contributed by atoms with Crippen molar-refractivity contribution in [1.82, 2.24) is 4.98 Å². The summed E-state index contributed by atoms with van der Waals surface area (Å²) in [4.78, 5) is 17.7. The molecular formula is C27H28F3N3O5. The first kappa shape index (κ1) is 26.0. The van der Waals surface area contributed by atoms with E-state index in [2.05, 4.69) is 14.6 Å². The Labute approximate surface area is 217 Å². The molecule has 3 fully saturated rings. The number of ether oxygens (including phenoxy) is 2. The summed E-state index contributed by atoms with van der Waals surface area (Å²) in [6, 6.07) is 8.97. The van der Waals surface area contributed by atoms with Crippen molar-refractivity contribution in [3.8, 4) is 5.75 Å². The Balaban J connectivity index is 1.29. The van der Waals surface area contributed by atoms with Gasteiger partial charge in [0, 0.05) is 35.3 Å². The zero-order valence-electron chi connectivity index (χ0n) is 20.4. The van der Waals surface area contributed by atoms with Crippen LogP contribution in [0.4, 0.5) is 19.0 Å². The Morgan fingerprint density at radius 2 is 1.74 bits per heavy atom. The Bertz CT molecular complexity index is 1230. The van der Waals surface area contributed by atoms with Crippen molar-refractivity contribution in [2.45, 2.75) is 63.1 Å². The van der Waals surface area contributed by atoms with Crippen LogP contribution in [-0.4, -0.2) is 58.0 Å². The van der Waals surface area contributed by atoms with E-state index in [9.17, 15) is 23.1 Å². The number of hydrogen-bond acceptors (Lipinski definition) is 7. The minimum atomic E-state index is -4.91. The number of fused-ring (bicyclic) bond motifs is 2. The van der Waals surface area contributed by atoms with Crippen molar-refractivity contribution in [2.24, 2.45) is 5.92 Å². The van der Waals surface area contributed by atoms with Gasteiger partial charge in [0.1, 0.15) is 17.3 Å². The number of allylic oxidation sites excluding steroid dienone is 1. The molecule has 1 aliphatic carbocycles. The van der Waals surface area contributed by atoms with Crippen LogP contribution >= 0.6 is 0 Å². The highest BCUT2D eigenvalue weighted by molar-refractivity contribution is 6.12. The largest absolute Gasteiger partial charge is 0.573 e. The number of carbonyl (C=O) groups is 1. The van der Waals surface area contributed by atoms with Crippen molar-refractivity contribution >= 4 is 17.5 Å². The van der Waals surface area contributed by atoms with Crippen LogP contribution in [0.2, 0.25) is 0 Å². The van der Waals surface area contributed by atoms with Gasteiger partial charge in [-0.1, -0.05) is 12.1 Å². The maximum absolute atomic E-state index is 12.9. The van der Waals surface area contributed by atoms with Gasteiger partial charge in [-0.3, -0.25) is 5.41 Å². The van der Waals surface area contributed by atoms with Gasteiger partial charge in [-0.2, -0.15) is 0 Å². The molecule has 1 aromatic heterocycles. The van der Waals surface area contributed by atoms with E-state index in [1.165, 1.54) is 30.5 Å². The fraction of sp³-hybridized carbons (Fsp3) is 0.444. The minimum Gasteiger partial charge on any atom is -0.512 e. The number of aliphatic hydroxyl groups excluding tert-OH is 1. The lowest BCUT2D eigenvalue weighted by Crippen LogP contribution is -2.46. The number of para-hydroxylation sites is 1. The molecule has 8 nitrogen and oxygen atoms in total. The fourth-order valence-electron chi connectivity index (χ4n) is 5.43. The van der Waals surface area contributed by atoms with Gasteiger partial charge in [0.2, 0.25) is 0 Å². The maximum atomic E-state index is 12.9. The molecule has 11 heteroatoms. The molecule has 3 atom stereocenters. The van der Waals surface area contributed by atoms with Crippen LogP contribution in [0, 0.1) is 11.3 Å². The number of benzene rings is 1. The number of carboxylic acid groups (broad SMARTS) is 1. The number of anilines is 1. The van der Waals surface area contributed by atoms with E-state index < -0.39 is 18.1 Å². The van der Waals surface area contributed by atoms with Gasteiger partial charge in [0.25, 0.3) is 0 Å². The lowest BCUT2D eigenvalue weighted by molar-refractivity contribution is -0.274. The summed E-state index contributed by atoms with van der Waals surface area (Å²) in [5.41, 5.74) is -0.0241. The molecule has 0 amide bonds. The van der Waals surface area contributed by atoms with Crippen LogP contribution in [-0.2, 0) is 4.74 Å². The first-order valence-electron chi connectivity index (χ1n) is 12.6. The Morgan fingerprint density at radius 1 is 1.05 bits per heavy atom. The second-order valence-electron chi connectivity index (χ2n) is 9.96. The summed E-state index contributed by atoms with van der Waals surface area (Å²) in [6.45, 7) is -0.100. The van der Waals surface area contributed by atoms with Gasteiger partial charge in [-0.25, -0.2) is 9.78 Å². The van der Waals surface area contributed by atoms with E-state index in [0.29, 0.717) is 12.8 Å². The van der Waals surface area contributed by atoms with E-state index in [1.54, 1.807) is 6.07 Å². The number of hydrogen-bond donors (Lipinski definition) is 3. The van der Waals surface area contributed by atoms with Crippen LogP contribution in [0.5, 0.6) is 5.75 Å². The first-order chi connectivity index (χ1) is 18.1. The van der Waals surface area contributed by atoms with Gasteiger partial charge >= 0.3 is 12.3 Å². The lowest BCUT2D eigenvalue weighted by atomic mass is 9.98. The van der Waals surface area contributed by atoms with Crippen LogP contribution in [0.25, 0.3) is 0 Å². The predicted octanol–water partition coefficient (Wildman–Crippen LogP) is 5.48. The highest BCUT2D eigenvalue weighted by atomic mass is 19.4. The zero-order chi connectivity index (χ0) is 27.0. The monoisotopic (exact) mass is 531 g/mol. The van der Waals surface area contributed by atoms with Crippen molar-refractivity contribution in [2.75, 3.05) is 11.5 Å². The molecule has 2 aliphatic heterocycles. The molecule has 2 saturated heterocycles. The average Bonchev–Trinajstić information content (AvgIpc) is 3.68. The number of pyridine rings is 1. The van der Waals surface area contributed by atoms with E-state index in [4.69, 9.17) is 15.3 Å². The number of carboxylic acids is 1. The number of nitrogens with one attached hydrogen (secondary N) is 1. The normalized spacial score (nSPS) is 23.7. The fourth-order valence-corrected chi connectivity index (χ4v) is 5.43. The van der Waals surface area contributed by atoms with Crippen molar-refractivity contribution in [1.29, 1.82) is 5.41 Å². The molecule has 2 aromatic rings. The molecule has 3 heterocycles. The van der Waals surface area contributed by atoms with E-state index in [-0.39, 0.29) is 58.9 Å². The lowest BCUT2D eigenvalue weighted by Gasteiger charge is -2.39. The second kappa shape index (κ2) is 10.3. The molecule has 3 N–H and O–H groups in total. The van der Waals surface area contributed by atoms with Gasteiger partial charge in [0.15, 0.2) is 0 Å². The number of aliphatic hydroxyl groups is 1. The maximum Gasteiger partial charge on any atom is 0.573 e. The second-order valence-corrected chi connectivity index (χ2v) is 9.96. The number of alkyl halides is 3. The molecule has 38 heavy (non-hydrogen) atoms. The molecule has 0 spiro atoms. The summed E-state index contributed by atoms with van der Waals surface area (Å²) >= 11 is 0. The highest BCUT2D eigenvalue weighted by Gasteiger charge is 2.42. The summed E-state index contributed by atoms with van der Waals surface area (Å²) in [6.07, 6.45) is 0.989. The first-order valence-corrected chi connectivity index (χ1v) is 12.6. The van der Waals surface area contributed by atoms with E-state index in [1.807, 2.05) is 0 Å². The molecule has 5 rings (SSSR count). The molecule has 2 unspecified atom stereocenters. The molecule has 1 saturated carbocycles. The quantitative estimate of drug-likeness (QED) is 0.290.